The summed E-state index contributed by atoms with van der Waals surface area (Å²) >= 11 is 0. The van der Waals surface area contributed by atoms with Crippen molar-refractivity contribution in [2.45, 2.75) is 45.1 Å². The van der Waals surface area contributed by atoms with Crippen LogP contribution in [0.3, 0.4) is 0 Å². The minimum atomic E-state index is -0.796. The monoisotopic (exact) mass is 299 g/mol. The molecule has 0 aromatic carbocycles. The van der Waals surface area contributed by atoms with E-state index in [4.69, 9.17) is 0 Å². The molecular formula is C15H29N3O3. The first-order valence-corrected chi connectivity index (χ1v) is 7.88. The van der Waals surface area contributed by atoms with E-state index >= 15 is 0 Å². The number of carbonyl (C=O) groups excluding carboxylic acids is 1. The molecule has 0 aliphatic heterocycles. The fourth-order valence-corrected chi connectivity index (χ4v) is 2.83. The number of rotatable bonds is 7. The van der Waals surface area contributed by atoms with Crippen LogP contribution < -0.4 is 5.32 Å². The molecule has 1 aliphatic rings. The summed E-state index contributed by atoms with van der Waals surface area (Å²) < 4.78 is 0. The van der Waals surface area contributed by atoms with Gasteiger partial charge in [-0.05, 0) is 46.8 Å². The van der Waals surface area contributed by atoms with Crippen molar-refractivity contribution in [3.8, 4) is 0 Å². The Bertz CT molecular complexity index is 347. The minimum absolute atomic E-state index is 0.130. The number of nitrogens with zero attached hydrogens (tertiary/aromatic N) is 2. The second-order valence-corrected chi connectivity index (χ2v) is 6.02. The van der Waals surface area contributed by atoms with Crippen LogP contribution in [-0.2, 0) is 4.79 Å². The summed E-state index contributed by atoms with van der Waals surface area (Å²) in [6.07, 6.45) is 4.26. The topological polar surface area (TPSA) is 72.9 Å². The molecule has 2 N–H and O–H groups in total. The van der Waals surface area contributed by atoms with Crippen molar-refractivity contribution in [1.82, 2.24) is 15.1 Å². The van der Waals surface area contributed by atoms with Crippen molar-refractivity contribution in [2.24, 2.45) is 5.92 Å². The number of hydrogen-bond acceptors (Lipinski definition) is 3. The molecule has 6 nitrogen and oxygen atoms in total. The molecule has 2 amide bonds. The van der Waals surface area contributed by atoms with Gasteiger partial charge in [-0.3, -0.25) is 4.79 Å². The van der Waals surface area contributed by atoms with E-state index in [1.54, 1.807) is 4.90 Å². The second kappa shape index (κ2) is 8.87. The molecule has 21 heavy (non-hydrogen) atoms. The van der Waals surface area contributed by atoms with Gasteiger partial charge in [-0.1, -0.05) is 12.8 Å². The number of carbonyl (C=O) groups is 2. The summed E-state index contributed by atoms with van der Waals surface area (Å²) in [5.74, 6) is -1.24. The molecule has 0 heterocycles. The highest BCUT2D eigenvalue weighted by Gasteiger charge is 2.32. The Morgan fingerprint density at radius 1 is 1.19 bits per heavy atom. The maximum absolute atomic E-state index is 12.3. The van der Waals surface area contributed by atoms with Gasteiger partial charge in [0.2, 0.25) is 0 Å². The first-order valence-electron chi connectivity index (χ1n) is 7.88. The summed E-state index contributed by atoms with van der Waals surface area (Å²) in [5.41, 5.74) is 0. The summed E-state index contributed by atoms with van der Waals surface area (Å²) in [6, 6.07) is -0.360. The van der Waals surface area contributed by atoms with Gasteiger partial charge >= 0.3 is 12.0 Å². The van der Waals surface area contributed by atoms with Crippen molar-refractivity contribution in [1.29, 1.82) is 0 Å². The molecule has 0 radical (unpaired) electrons. The first kappa shape index (κ1) is 17.8. The van der Waals surface area contributed by atoms with Crippen LogP contribution in [0, 0.1) is 5.92 Å². The van der Waals surface area contributed by atoms with Gasteiger partial charge in [-0.25, -0.2) is 4.79 Å². The lowest BCUT2D eigenvalue weighted by atomic mass is 9.84. The molecule has 1 aliphatic carbocycles. The lowest BCUT2D eigenvalue weighted by molar-refractivity contribution is -0.143. The lowest BCUT2D eigenvalue weighted by Gasteiger charge is -2.32. The zero-order chi connectivity index (χ0) is 15.8. The SMILES string of the molecule is CCN(CCCN(C)C)C(=O)NC1CCCCC1C(=O)O. The number of carboxylic acid groups (broad SMARTS) is 1. The van der Waals surface area contributed by atoms with Gasteiger partial charge in [0.15, 0.2) is 0 Å². The Balaban J connectivity index is 2.49. The molecule has 0 aromatic rings. The smallest absolute Gasteiger partial charge is 0.317 e. The fraction of sp³-hybridized carbons (Fsp3) is 0.867. The van der Waals surface area contributed by atoms with Gasteiger partial charge < -0.3 is 20.2 Å². The summed E-state index contributed by atoms with van der Waals surface area (Å²) in [6.45, 7) is 4.23. The average molecular weight is 299 g/mol. The summed E-state index contributed by atoms with van der Waals surface area (Å²) in [5, 5.41) is 12.2. The van der Waals surface area contributed by atoms with Crippen LogP contribution >= 0.6 is 0 Å². The third-order valence-electron chi connectivity index (χ3n) is 4.09. The van der Waals surface area contributed by atoms with E-state index in [0.717, 1.165) is 32.2 Å². The van der Waals surface area contributed by atoms with Crippen LogP contribution in [0.4, 0.5) is 4.79 Å². The number of nitrogens with one attached hydrogen (secondary N) is 1. The molecule has 0 bridgehead atoms. The van der Waals surface area contributed by atoms with Crippen LogP contribution in [0.5, 0.6) is 0 Å². The maximum atomic E-state index is 12.3. The average Bonchev–Trinajstić information content (AvgIpc) is 2.43. The normalized spacial score (nSPS) is 22.1. The summed E-state index contributed by atoms with van der Waals surface area (Å²) in [4.78, 5) is 27.4. The Labute approximate surface area is 127 Å². The highest BCUT2D eigenvalue weighted by Crippen LogP contribution is 2.24. The zero-order valence-corrected chi connectivity index (χ0v) is 13.5. The Kier molecular flexibility index (Phi) is 7.50. The molecule has 2 atom stereocenters. The number of hydrogen-bond donors (Lipinski definition) is 2. The number of urea groups is 1. The van der Waals surface area contributed by atoms with Crippen molar-refractivity contribution in [3.05, 3.63) is 0 Å². The molecular weight excluding hydrogens is 270 g/mol. The zero-order valence-electron chi connectivity index (χ0n) is 13.5. The van der Waals surface area contributed by atoms with E-state index in [1.165, 1.54) is 0 Å². The Morgan fingerprint density at radius 3 is 2.43 bits per heavy atom. The number of aliphatic carboxylic acids is 1. The molecule has 0 saturated heterocycles. The highest BCUT2D eigenvalue weighted by atomic mass is 16.4. The number of amides is 2. The van der Waals surface area contributed by atoms with Crippen LogP contribution in [0.25, 0.3) is 0 Å². The predicted molar refractivity (Wildman–Crippen MR) is 82.3 cm³/mol. The van der Waals surface area contributed by atoms with E-state index in [2.05, 4.69) is 10.2 Å². The summed E-state index contributed by atoms with van der Waals surface area (Å²) in [7, 11) is 4.02. The van der Waals surface area contributed by atoms with E-state index in [-0.39, 0.29) is 12.1 Å². The molecule has 1 fully saturated rings. The van der Waals surface area contributed by atoms with Gasteiger partial charge in [0.1, 0.15) is 0 Å². The minimum Gasteiger partial charge on any atom is -0.481 e. The van der Waals surface area contributed by atoms with Gasteiger partial charge in [-0.2, -0.15) is 0 Å². The Morgan fingerprint density at radius 2 is 1.86 bits per heavy atom. The lowest BCUT2D eigenvalue weighted by Crippen LogP contribution is -2.50. The second-order valence-electron chi connectivity index (χ2n) is 6.02. The van der Waals surface area contributed by atoms with Crippen molar-refractivity contribution >= 4 is 12.0 Å². The third kappa shape index (κ3) is 5.91. The third-order valence-corrected chi connectivity index (χ3v) is 4.09. The van der Waals surface area contributed by atoms with Crippen molar-refractivity contribution in [2.75, 3.05) is 33.7 Å². The predicted octanol–water partition coefficient (Wildman–Crippen LogP) is 1.61. The molecule has 6 heteroatoms. The van der Waals surface area contributed by atoms with Gasteiger partial charge in [0.05, 0.1) is 5.92 Å². The quantitative estimate of drug-likeness (QED) is 0.749. The Hall–Kier alpha value is -1.30. The molecule has 1 saturated carbocycles. The van der Waals surface area contributed by atoms with Gasteiger partial charge in [-0.15, -0.1) is 0 Å². The first-order chi connectivity index (χ1) is 9.95. The fourth-order valence-electron chi connectivity index (χ4n) is 2.83. The van der Waals surface area contributed by atoms with Crippen molar-refractivity contribution in [3.63, 3.8) is 0 Å². The van der Waals surface area contributed by atoms with E-state index in [0.29, 0.717) is 19.5 Å². The largest absolute Gasteiger partial charge is 0.481 e. The molecule has 1 rings (SSSR count). The highest BCUT2D eigenvalue weighted by molar-refractivity contribution is 5.77. The molecule has 0 spiro atoms. The molecule has 0 aromatic heterocycles. The van der Waals surface area contributed by atoms with Gasteiger partial charge in [0.25, 0.3) is 0 Å². The van der Waals surface area contributed by atoms with Crippen LogP contribution in [-0.4, -0.2) is 66.7 Å². The van der Waals surface area contributed by atoms with Gasteiger partial charge in [0, 0.05) is 19.1 Å². The number of carboxylic acids is 1. The molecule has 2 unspecified atom stereocenters. The standard InChI is InChI=1S/C15H29N3O3/c1-4-18(11-7-10-17(2)3)15(21)16-13-9-6-5-8-12(13)14(19)20/h12-13H,4-11H2,1-3H3,(H,16,21)(H,19,20). The maximum Gasteiger partial charge on any atom is 0.317 e. The van der Waals surface area contributed by atoms with Crippen molar-refractivity contribution < 1.29 is 14.7 Å². The van der Waals surface area contributed by atoms with Crippen LogP contribution in [0.15, 0.2) is 0 Å². The van der Waals surface area contributed by atoms with E-state index in [9.17, 15) is 14.7 Å². The molecule has 122 valence electrons. The van der Waals surface area contributed by atoms with Crippen LogP contribution in [0.1, 0.15) is 39.0 Å². The van der Waals surface area contributed by atoms with Crippen LogP contribution in [0.2, 0.25) is 0 Å². The van der Waals surface area contributed by atoms with E-state index in [1.807, 2.05) is 21.0 Å². The van der Waals surface area contributed by atoms with E-state index < -0.39 is 11.9 Å².